The maximum atomic E-state index is 4.16. The minimum absolute atomic E-state index is 0.286. The second kappa shape index (κ2) is 6.48. The molecule has 1 aromatic rings. The number of allylic oxidation sites excluding steroid dienone is 1. The molecule has 0 fully saturated rings. The highest BCUT2D eigenvalue weighted by Gasteiger charge is 2.21. The van der Waals surface area contributed by atoms with E-state index in [0.29, 0.717) is 0 Å². The molecule has 4 heteroatoms. The summed E-state index contributed by atoms with van der Waals surface area (Å²) in [5.41, 5.74) is 2.45. The molecule has 0 bridgehead atoms. The summed E-state index contributed by atoms with van der Waals surface area (Å²) in [6.45, 7) is 4.10. The van der Waals surface area contributed by atoms with E-state index in [1.165, 1.54) is 16.2 Å². The number of anilines is 1. The average molecular weight is 273 g/mol. The Morgan fingerprint density at radius 2 is 2.21 bits per heavy atom. The summed E-state index contributed by atoms with van der Waals surface area (Å²) in [4.78, 5) is 5.47. The van der Waals surface area contributed by atoms with Gasteiger partial charge in [-0.25, -0.2) is 0 Å². The second-order valence-corrected chi connectivity index (χ2v) is 5.43. The Morgan fingerprint density at radius 1 is 1.42 bits per heavy atom. The fourth-order valence-electron chi connectivity index (χ4n) is 1.80. The maximum absolute atomic E-state index is 4.16. The first-order valence-corrected chi connectivity index (χ1v) is 7.17. The number of thioether (sulfide) groups is 1. The topological polar surface area (TPSA) is 36.4 Å². The molecule has 1 atom stereocenters. The van der Waals surface area contributed by atoms with Crippen molar-refractivity contribution >= 4 is 23.3 Å². The van der Waals surface area contributed by atoms with Crippen LogP contribution in [-0.4, -0.2) is 18.3 Å². The zero-order chi connectivity index (χ0) is 13.7. The first kappa shape index (κ1) is 13.7. The van der Waals surface area contributed by atoms with Gasteiger partial charge in [0.2, 0.25) is 0 Å². The van der Waals surface area contributed by atoms with Crippen molar-refractivity contribution in [3.8, 4) is 0 Å². The summed E-state index contributed by atoms with van der Waals surface area (Å²) in [5, 5.41) is 7.01. The number of nitrogens with zero attached hydrogens (tertiary/aromatic N) is 1. The van der Waals surface area contributed by atoms with Crippen LogP contribution in [0.2, 0.25) is 0 Å². The first-order chi connectivity index (χ1) is 9.24. The van der Waals surface area contributed by atoms with Gasteiger partial charge < -0.3 is 10.6 Å². The molecule has 1 unspecified atom stereocenters. The molecule has 0 saturated carbocycles. The molecule has 0 radical (unpaired) electrons. The number of nitrogens with one attached hydrogen (secondary N) is 2. The number of fused-ring (bicyclic) bond motifs is 1. The normalized spacial score (nSPS) is 19.4. The van der Waals surface area contributed by atoms with Gasteiger partial charge >= 0.3 is 0 Å². The van der Waals surface area contributed by atoms with Crippen molar-refractivity contribution in [3.05, 3.63) is 48.2 Å². The molecular weight excluding hydrogens is 254 g/mol. The number of para-hydroxylation sites is 1. The molecule has 1 heterocycles. The van der Waals surface area contributed by atoms with Crippen LogP contribution in [-0.2, 0) is 0 Å². The summed E-state index contributed by atoms with van der Waals surface area (Å²) in [6.07, 6.45) is 5.93. The average Bonchev–Trinajstić information content (AvgIpc) is 2.87. The summed E-state index contributed by atoms with van der Waals surface area (Å²) in [6, 6.07) is 8.38. The fourth-order valence-corrected chi connectivity index (χ4v) is 2.91. The molecule has 0 amide bonds. The van der Waals surface area contributed by atoms with Crippen LogP contribution in [0.15, 0.2) is 58.1 Å². The van der Waals surface area contributed by atoms with Crippen LogP contribution in [0.1, 0.15) is 13.8 Å². The lowest BCUT2D eigenvalue weighted by Crippen LogP contribution is -2.19. The highest BCUT2D eigenvalue weighted by Crippen LogP contribution is 2.40. The molecule has 1 aromatic carbocycles. The van der Waals surface area contributed by atoms with Crippen molar-refractivity contribution in [1.29, 1.82) is 0 Å². The van der Waals surface area contributed by atoms with Crippen LogP contribution >= 0.6 is 11.8 Å². The van der Waals surface area contributed by atoms with Crippen LogP contribution in [0.5, 0.6) is 0 Å². The maximum Gasteiger partial charge on any atom is 0.124 e. The van der Waals surface area contributed by atoms with Crippen molar-refractivity contribution in [3.63, 3.8) is 0 Å². The van der Waals surface area contributed by atoms with Crippen molar-refractivity contribution in [1.82, 2.24) is 5.32 Å². The lowest BCUT2D eigenvalue weighted by molar-refractivity contribution is 1.10. The Labute approximate surface area is 118 Å². The Hall–Kier alpha value is -1.68. The van der Waals surface area contributed by atoms with Crippen molar-refractivity contribution in [2.45, 2.75) is 24.1 Å². The standard InChI is InChI=1S/C15H19N3S/c1-4-7-14(16-3)17-10-11(2)15-18-12-8-5-6-9-13(12)19-15/h4-10,15,18H,1-3H3,(H,16,17)/b7-4-,11-10+. The number of hydrogen-bond acceptors (Lipinski definition) is 3. The van der Waals surface area contributed by atoms with Crippen LogP contribution < -0.4 is 10.6 Å². The second-order valence-electron chi connectivity index (χ2n) is 4.28. The van der Waals surface area contributed by atoms with Crippen LogP contribution in [0.25, 0.3) is 0 Å². The van der Waals surface area contributed by atoms with Crippen LogP contribution in [0, 0.1) is 0 Å². The third-order valence-electron chi connectivity index (χ3n) is 2.85. The van der Waals surface area contributed by atoms with Crippen molar-refractivity contribution in [2.24, 2.45) is 4.99 Å². The van der Waals surface area contributed by atoms with Gasteiger partial charge in [0.15, 0.2) is 0 Å². The van der Waals surface area contributed by atoms with Crippen molar-refractivity contribution < 1.29 is 0 Å². The summed E-state index contributed by atoms with van der Waals surface area (Å²) < 4.78 is 0. The van der Waals surface area contributed by atoms with E-state index in [1.807, 2.05) is 37.0 Å². The van der Waals surface area contributed by atoms with E-state index < -0.39 is 0 Å². The Bertz CT molecular complexity index is 507. The minimum atomic E-state index is 0.286. The monoisotopic (exact) mass is 273 g/mol. The molecule has 0 aromatic heterocycles. The Morgan fingerprint density at radius 3 is 2.89 bits per heavy atom. The molecule has 1 aliphatic heterocycles. The van der Waals surface area contributed by atoms with Crippen LogP contribution in [0.3, 0.4) is 0 Å². The van der Waals surface area contributed by atoms with Gasteiger partial charge in [-0.05, 0) is 37.6 Å². The Kier molecular flexibility index (Phi) is 4.68. The minimum Gasteiger partial charge on any atom is -0.369 e. The molecule has 0 aliphatic carbocycles. The zero-order valence-corrected chi connectivity index (χ0v) is 12.3. The highest BCUT2D eigenvalue weighted by molar-refractivity contribution is 8.00. The molecule has 100 valence electrons. The molecule has 1 aliphatic rings. The SMILES string of the molecule is C/C=C\C(=NC)N/C=C(\C)C1Nc2ccccc2S1. The van der Waals surface area contributed by atoms with Gasteiger partial charge in [0.25, 0.3) is 0 Å². The summed E-state index contributed by atoms with van der Waals surface area (Å²) >= 11 is 1.84. The van der Waals surface area contributed by atoms with Gasteiger partial charge in [-0.15, -0.1) is 0 Å². The first-order valence-electron chi connectivity index (χ1n) is 6.29. The molecule has 3 nitrogen and oxygen atoms in total. The van der Waals surface area contributed by atoms with E-state index in [-0.39, 0.29) is 5.37 Å². The van der Waals surface area contributed by atoms with Gasteiger partial charge in [-0.1, -0.05) is 30.0 Å². The summed E-state index contributed by atoms with van der Waals surface area (Å²) in [5.74, 6) is 0.863. The zero-order valence-electron chi connectivity index (χ0n) is 11.5. The molecular formula is C15H19N3S. The number of rotatable bonds is 3. The smallest absolute Gasteiger partial charge is 0.124 e. The van der Waals surface area contributed by atoms with Crippen LogP contribution in [0.4, 0.5) is 5.69 Å². The third kappa shape index (κ3) is 3.41. The molecule has 0 saturated heterocycles. The van der Waals surface area contributed by atoms with E-state index in [0.717, 1.165) is 5.84 Å². The molecule has 2 rings (SSSR count). The lowest BCUT2D eigenvalue weighted by Gasteiger charge is -2.11. The van der Waals surface area contributed by atoms with Gasteiger partial charge in [0.1, 0.15) is 11.2 Å². The lowest BCUT2D eigenvalue weighted by atomic mass is 10.3. The predicted octanol–water partition coefficient (Wildman–Crippen LogP) is 3.63. The van der Waals surface area contributed by atoms with Gasteiger partial charge in [0, 0.05) is 23.8 Å². The predicted molar refractivity (Wildman–Crippen MR) is 84.8 cm³/mol. The van der Waals surface area contributed by atoms with Gasteiger partial charge in [-0.3, -0.25) is 4.99 Å². The van der Waals surface area contributed by atoms with E-state index in [1.54, 1.807) is 7.05 Å². The van der Waals surface area contributed by atoms with E-state index in [4.69, 9.17) is 0 Å². The number of benzene rings is 1. The molecule has 19 heavy (non-hydrogen) atoms. The number of aliphatic imine (C=N–C) groups is 1. The molecule has 0 spiro atoms. The van der Waals surface area contributed by atoms with E-state index in [2.05, 4.69) is 46.8 Å². The fraction of sp³-hybridized carbons (Fsp3) is 0.267. The third-order valence-corrected chi connectivity index (χ3v) is 4.18. The number of amidine groups is 1. The van der Waals surface area contributed by atoms with E-state index in [9.17, 15) is 0 Å². The van der Waals surface area contributed by atoms with E-state index >= 15 is 0 Å². The van der Waals surface area contributed by atoms with Gasteiger partial charge in [-0.2, -0.15) is 0 Å². The van der Waals surface area contributed by atoms with Crippen molar-refractivity contribution in [2.75, 3.05) is 12.4 Å². The largest absolute Gasteiger partial charge is 0.369 e. The Balaban J connectivity index is 2.01. The number of hydrogen-bond donors (Lipinski definition) is 2. The quantitative estimate of drug-likeness (QED) is 0.652. The highest BCUT2D eigenvalue weighted by atomic mass is 32.2. The summed E-state index contributed by atoms with van der Waals surface area (Å²) in [7, 11) is 1.78. The van der Waals surface area contributed by atoms with Gasteiger partial charge in [0.05, 0.1) is 0 Å². The molecule has 2 N–H and O–H groups in total.